The number of hydrogen-bond donors (Lipinski definition) is 2. The molecule has 0 aliphatic carbocycles. The first-order valence-corrected chi connectivity index (χ1v) is 5.26. The third kappa shape index (κ3) is 3.46. The van der Waals surface area contributed by atoms with Crippen molar-refractivity contribution in [3.63, 3.8) is 0 Å². The van der Waals surface area contributed by atoms with E-state index < -0.39 is 0 Å². The van der Waals surface area contributed by atoms with E-state index in [4.69, 9.17) is 5.84 Å². The van der Waals surface area contributed by atoms with Gasteiger partial charge >= 0.3 is 0 Å². The fourth-order valence-corrected chi connectivity index (χ4v) is 1.49. The molecule has 0 fully saturated rings. The molecule has 1 aromatic carbocycles. The summed E-state index contributed by atoms with van der Waals surface area (Å²) in [5.41, 5.74) is 4.12. The van der Waals surface area contributed by atoms with Crippen LogP contribution < -0.4 is 11.3 Å². The quantitative estimate of drug-likeness (QED) is 0.628. The zero-order valence-corrected chi connectivity index (χ0v) is 9.34. The van der Waals surface area contributed by atoms with Gasteiger partial charge in [0.15, 0.2) is 0 Å². The minimum absolute atomic E-state index is 0.376. The van der Waals surface area contributed by atoms with Crippen molar-refractivity contribution in [3.8, 4) is 0 Å². The Morgan fingerprint density at radius 2 is 2.00 bits per heavy atom. The molecule has 0 bridgehead atoms. The Labute approximate surface area is 87.6 Å². The lowest BCUT2D eigenvalue weighted by Gasteiger charge is -2.12. The van der Waals surface area contributed by atoms with Crippen LogP contribution in [-0.2, 0) is 6.42 Å². The zero-order valence-electron chi connectivity index (χ0n) is 7.76. The minimum atomic E-state index is 0.376. The maximum atomic E-state index is 5.40. The van der Waals surface area contributed by atoms with Gasteiger partial charge in [0.05, 0.1) is 0 Å². The highest BCUT2D eigenvalue weighted by atomic mass is 79.9. The van der Waals surface area contributed by atoms with Gasteiger partial charge in [-0.15, -0.1) is 0 Å². The maximum absolute atomic E-state index is 5.40. The molecule has 0 aliphatic heterocycles. The monoisotopic (exact) mass is 242 g/mol. The van der Waals surface area contributed by atoms with Crippen molar-refractivity contribution < 1.29 is 0 Å². The second-order valence-electron chi connectivity index (χ2n) is 3.10. The number of benzene rings is 1. The SMILES string of the molecule is CCC(Cc1ccc(Br)cc1)NN. The lowest BCUT2D eigenvalue weighted by atomic mass is 10.1. The summed E-state index contributed by atoms with van der Waals surface area (Å²) in [7, 11) is 0. The van der Waals surface area contributed by atoms with Crippen LogP contribution in [0.3, 0.4) is 0 Å². The Hall–Kier alpha value is -0.380. The van der Waals surface area contributed by atoms with Crippen LogP contribution in [0.25, 0.3) is 0 Å². The molecule has 13 heavy (non-hydrogen) atoms. The van der Waals surface area contributed by atoms with Crippen molar-refractivity contribution in [2.24, 2.45) is 5.84 Å². The van der Waals surface area contributed by atoms with Crippen LogP contribution in [0.1, 0.15) is 18.9 Å². The summed E-state index contributed by atoms with van der Waals surface area (Å²) in [5.74, 6) is 5.40. The fraction of sp³-hybridized carbons (Fsp3) is 0.400. The van der Waals surface area contributed by atoms with Crippen molar-refractivity contribution >= 4 is 15.9 Å². The van der Waals surface area contributed by atoms with E-state index in [2.05, 4.69) is 52.5 Å². The van der Waals surface area contributed by atoms with Gasteiger partial charge in [-0.2, -0.15) is 0 Å². The normalized spacial score (nSPS) is 12.8. The molecule has 3 N–H and O–H groups in total. The molecule has 1 aromatic rings. The Balaban J connectivity index is 2.58. The molecule has 1 unspecified atom stereocenters. The third-order valence-electron chi connectivity index (χ3n) is 2.12. The van der Waals surface area contributed by atoms with Crippen LogP contribution in [0.5, 0.6) is 0 Å². The summed E-state index contributed by atoms with van der Waals surface area (Å²) in [4.78, 5) is 0. The largest absolute Gasteiger partial charge is 0.271 e. The average molecular weight is 243 g/mol. The van der Waals surface area contributed by atoms with Gasteiger partial charge in [0.1, 0.15) is 0 Å². The van der Waals surface area contributed by atoms with Gasteiger partial charge < -0.3 is 0 Å². The van der Waals surface area contributed by atoms with E-state index in [-0.39, 0.29) is 0 Å². The smallest absolute Gasteiger partial charge is 0.0248 e. The second-order valence-corrected chi connectivity index (χ2v) is 4.02. The van der Waals surface area contributed by atoms with Gasteiger partial charge in [-0.3, -0.25) is 11.3 Å². The number of hydrazine groups is 1. The molecule has 3 heteroatoms. The number of halogens is 1. The minimum Gasteiger partial charge on any atom is -0.271 e. The van der Waals surface area contributed by atoms with E-state index in [1.165, 1.54) is 5.56 Å². The molecular formula is C10H15BrN2. The molecule has 0 amide bonds. The Morgan fingerprint density at radius 3 is 2.46 bits per heavy atom. The van der Waals surface area contributed by atoms with Crippen LogP contribution in [-0.4, -0.2) is 6.04 Å². The third-order valence-corrected chi connectivity index (χ3v) is 2.65. The van der Waals surface area contributed by atoms with E-state index in [1.54, 1.807) is 0 Å². The number of nitrogens with two attached hydrogens (primary N) is 1. The van der Waals surface area contributed by atoms with Crippen molar-refractivity contribution in [2.45, 2.75) is 25.8 Å². The molecule has 0 radical (unpaired) electrons. The van der Waals surface area contributed by atoms with Crippen molar-refractivity contribution in [1.29, 1.82) is 0 Å². The number of nitrogens with one attached hydrogen (secondary N) is 1. The van der Waals surface area contributed by atoms with Gasteiger partial charge in [0.2, 0.25) is 0 Å². The molecule has 72 valence electrons. The molecular weight excluding hydrogens is 228 g/mol. The van der Waals surface area contributed by atoms with E-state index in [0.29, 0.717) is 6.04 Å². The van der Waals surface area contributed by atoms with Crippen molar-refractivity contribution in [3.05, 3.63) is 34.3 Å². The Morgan fingerprint density at radius 1 is 1.38 bits per heavy atom. The highest BCUT2D eigenvalue weighted by Crippen LogP contribution is 2.12. The summed E-state index contributed by atoms with van der Waals surface area (Å²) in [5, 5.41) is 0. The van der Waals surface area contributed by atoms with Crippen molar-refractivity contribution in [1.82, 2.24) is 5.43 Å². The summed E-state index contributed by atoms with van der Waals surface area (Å²) in [6.07, 6.45) is 2.03. The molecule has 1 atom stereocenters. The van der Waals surface area contributed by atoms with E-state index in [1.807, 2.05) is 0 Å². The predicted molar refractivity (Wildman–Crippen MR) is 59.2 cm³/mol. The summed E-state index contributed by atoms with van der Waals surface area (Å²) >= 11 is 3.41. The van der Waals surface area contributed by atoms with Crippen LogP contribution in [0.15, 0.2) is 28.7 Å². The van der Waals surface area contributed by atoms with Crippen molar-refractivity contribution in [2.75, 3.05) is 0 Å². The number of hydrogen-bond acceptors (Lipinski definition) is 2. The summed E-state index contributed by atoms with van der Waals surface area (Å²) in [6.45, 7) is 2.13. The highest BCUT2D eigenvalue weighted by molar-refractivity contribution is 9.10. The predicted octanol–water partition coefficient (Wildman–Crippen LogP) is 2.23. The maximum Gasteiger partial charge on any atom is 0.0248 e. The van der Waals surface area contributed by atoms with E-state index in [0.717, 1.165) is 17.3 Å². The van der Waals surface area contributed by atoms with Crippen LogP contribution in [0.2, 0.25) is 0 Å². The van der Waals surface area contributed by atoms with Gasteiger partial charge in [-0.1, -0.05) is 35.0 Å². The molecule has 0 spiro atoms. The zero-order chi connectivity index (χ0) is 9.68. The molecule has 0 aliphatic rings. The fourth-order valence-electron chi connectivity index (χ4n) is 1.23. The van der Waals surface area contributed by atoms with E-state index >= 15 is 0 Å². The van der Waals surface area contributed by atoms with Crippen LogP contribution in [0.4, 0.5) is 0 Å². The molecule has 1 rings (SSSR count). The Bertz CT molecular complexity index is 242. The van der Waals surface area contributed by atoms with E-state index in [9.17, 15) is 0 Å². The molecule has 0 saturated carbocycles. The van der Waals surface area contributed by atoms with Gasteiger partial charge in [-0.05, 0) is 30.5 Å². The number of rotatable bonds is 4. The first-order chi connectivity index (χ1) is 6.26. The second kappa shape index (κ2) is 5.37. The highest BCUT2D eigenvalue weighted by Gasteiger charge is 2.03. The topological polar surface area (TPSA) is 38.0 Å². The van der Waals surface area contributed by atoms with Crippen LogP contribution in [0, 0.1) is 0 Å². The molecule has 0 heterocycles. The van der Waals surface area contributed by atoms with Gasteiger partial charge in [-0.25, -0.2) is 0 Å². The van der Waals surface area contributed by atoms with Gasteiger partial charge in [0.25, 0.3) is 0 Å². The molecule has 2 nitrogen and oxygen atoms in total. The lowest BCUT2D eigenvalue weighted by molar-refractivity contribution is 0.511. The standard InChI is InChI=1S/C10H15BrN2/c1-2-10(13-12)7-8-3-5-9(11)6-4-8/h3-6,10,13H,2,7,12H2,1H3. The summed E-state index contributed by atoms with van der Waals surface area (Å²) < 4.78 is 1.12. The lowest BCUT2D eigenvalue weighted by Crippen LogP contribution is -2.36. The van der Waals surface area contributed by atoms with Gasteiger partial charge in [0, 0.05) is 10.5 Å². The Kier molecular flexibility index (Phi) is 4.42. The molecule has 0 saturated heterocycles. The first-order valence-electron chi connectivity index (χ1n) is 4.46. The molecule has 0 aromatic heterocycles. The first kappa shape index (κ1) is 10.7. The van der Waals surface area contributed by atoms with Crippen LogP contribution >= 0.6 is 15.9 Å². The average Bonchev–Trinajstić information content (AvgIpc) is 2.17. The summed E-state index contributed by atoms with van der Waals surface area (Å²) in [6, 6.07) is 8.71.